The van der Waals surface area contributed by atoms with E-state index >= 15 is 0 Å². The number of benzene rings is 1. The molecule has 0 amide bonds. The lowest BCUT2D eigenvalue weighted by Crippen LogP contribution is -2.28. The Morgan fingerprint density at radius 3 is 3.00 bits per heavy atom. The highest BCUT2D eigenvalue weighted by Gasteiger charge is 2.23. The van der Waals surface area contributed by atoms with Gasteiger partial charge in [-0.05, 0) is 12.1 Å². The first-order chi connectivity index (χ1) is 8.74. The van der Waals surface area contributed by atoms with E-state index in [0.717, 1.165) is 27.5 Å². The summed E-state index contributed by atoms with van der Waals surface area (Å²) in [5.74, 6) is 0.936. The molecule has 0 saturated carbocycles. The molecule has 0 spiro atoms. The summed E-state index contributed by atoms with van der Waals surface area (Å²) in [5, 5.41) is 19.2. The average Bonchev–Trinajstić information content (AvgIpc) is 2.96. The van der Waals surface area contributed by atoms with Crippen molar-refractivity contribution in [3.63, 3.8) is 0 Å². The molecule has 1 saturated heterocycles. The summed E-state index contributed by atoms with van der Waals surface area (Å²) < 4.78 is 1.09. The van der Waals surface area contributed by atoms with Gasteiger partial charge < -0.3 is 10.0 Å². The van der Waals surface area contributed by atoms with Crippen molar-refractivity contribution >= 4 is 38.5 Å². The lowest BCUT2D eigenvalue weighted by molar-refractivity contribution is 0.147. The van der Waals surface area contributed by atoms with Crippen molar-refractivity contribution in [3.8, 4) is 0 Å². The first-order valence-electron chi connectivity index (χ1n) is 5.74. The Kier molecular flexibility index (Phi) is 3.23. The van der Waals surface area contributed by atoms with Gasteiger partial charge in [0.25, 0.3) is 0 Å². The number of fused-ring (bicyclic) bond motifs is 1. The minimum absolute atomic E-state index is 0.464. The van der Waals surface area contributed by atoms with E-state index in [4.69, 9.17) is 5.41 Å². The number of nitrogens with one attached hydrogen (secondary N) is 1. The van der Waals surface area contributed by atoms with Crippen molar-refractivity contribution < 1.29 is 5.11 Å². The number of aromatic nitrogens is 1. The predicted molar refractivity (Wildman–Crippen MR) is 76.3 cm³/mol. The highest BCUT2D eigenvalue weighted by atomic mass is 32.2. The molecule has 1 aromatic carbocycles. The van der Waals surface area contributed by atoms with Crippen LogP contribution in [0.1, 0.15) is 11.1 Å². The highest BCUT2D eigenvalue weighted by molar-refractivity contribution is 8.14. The molecule has 0 aliphatic carbocycles. The molecule has 1 aliphatic heterocycles. The molecule has 1 unspecified atom stereocenters. The lowest BCUT2D eigenvalue weighted by atomic mass is 10.3. The zero-order valence-corrected chi connectivity index (χ0v) is 11.3. The van der Waals surface area contributed by atoms with Crippen LogP contribution in [0.2, 0.25) is 0 Å². The third kappa shape index (κ3) is 2.23. The topological polar surface area (TPSA) is 60.2 Å². The molecule has 1 atom stereocenters. The molecule has 0 radical (unpaired) electrons. The summed E-state index contributed by atoms with van der Waals surface area (Å²) in [5.41, 5.74) is 0.933. The molecule has 6 heteroatoms. The molecule has 2 aromatic rings. The molecule has 1 aliphatic rings. The normalized spacial score (nSPS) is 17.6. The maximum Gasteiger partial charge on any atom is 0.156 e. The van der Waals surface area contributed by atoms with Gasteiger partial charge in [-0.15, -0.1) is 11.3 Å². The number of aliphatic hydroxyl groups excluding tert-OH is 1. The van der Waals surface area contributed by atoms with Crippen LogP contribution in [0.25, 0.3) is 10.2 Å². The molecule has 2 N–H and O–H groups in total. The van der Waals surface area contributed by atoms with Crippen molar-refractivity contribution in [2.75, 3.05) is 18.8 Å². The van der Waals surface area contributed by atoms with Crippen molar-refractivity contribution in [2.45, 2.75) is 6.10 Å². The van der Waals surface area contributed by atoms with E-state index in [0.29, 0.717) is 11.7 Å². The fraction of sp³-hybridized carbons (Fsp3) is 0.333. The minimum Gasteiger partial charge on any atom is -0.384 e. The van der Waals surface area contributed by atoms with Crippen LogP contribution in [0.4, 0.5) is 0 Å². The molecular weight excluding hydrogens is 266 g/mol. The van der Waals surface area contributed by atoms with Gasteiger partial charge in [-0.25, -0.2) is 4.98 Å². The number of amidine groups is 1. The van der Waals surface area contributed by atoms with Crippen LogP contribution < -0.4 is 0 Å². The van der Waals surface area contributed by atoms with E-state index in [2.05, 4.69) is 4.98 Å². The van der Waals surface area contributed by atoms with Crippen LogP contribution in [-0.2, 0) is 0 Å². The standard InChI is InChI=1S/C12H13N3OS2/c13-12-15(5-6-17-12)7-9(16)11-14-8-3-1-2-4-10(8)18-11/h1-4,9,13,16H,5-7H2. The first kappa shape index (κ1) is 12.0. The fourth-order valence-corrected chi connectivity index (χ4v) is 3.74. The van der Waals surface area contributed by atoms with Gasteiger partial charge >= 0.3 is 0 Å². The second-order valence-corrected chi connectivity index (χ2v) is 6.28. The van der Waals surface area contributed by atoms with Gasteiger partial charge in [0.1, 0.15) is 11.1 Å². The smallest absolute Gasteiger partial charge is 0.156 e. The fourth-order valence-electron chi connectivity index (χ4n) is 1.94. The SMILES string of the molecule is N=C1SCCN1CC(O)c1nc2ccccc2s1. The average molecular weight is 279 g/mol. The Labute approximate surface area is 113 Å². The first-order valence-corrected chi connectivity index (χ1v) is 7.54. The highest BCUT2D eigenvalue weighted by Crippen LogP contribution is 2.28. The summed E-state index contributed by atoms with van der Waals surface area (Å²) in [6, 6.07) is 7.89. The van der Waals surface area contributed by atoms with E-state index in [9.17, 15) is 5.11 Å². The monoisotopic (exact) mass is 279 g/mol. The van der Waals surface area contributed by atoms with Crippen LogP contribution in [0.5, 0.6) is 0 Å². The number of rotatable bonds is 3. The van der Waals surface area contributed by atoms with Crippen molar-refractivity contribution in [2.24, 2.45) is 0 Å². The van der Waals surface area contributed by atoms with E-state index in [-0.39, 0.29) is 0 Å². The molecular formula is C12H13N3OS2. The molecule has 18 heavy (non-hydrogen) atoms. The van der Waals surface area contributed by atoms with Gasteiger partial charge in [-0.3, -0.25) is 5.41 Å². The number of hydrogen-bond acceptors (Lipinski definition) is 5. The molecule has 1 fully saturated rings. The Bertz CT molecular complexity index is 550. The Hall–Kier alpha value is -1.11. The van der Waals surface area contributed by atoms with Crippen molar-refractivity contribution in [1.29, 1.82) is 5.41 Å². The van der Waals surface area contributed by atoms with Gasteiger partial charge in [-0.2, -0.15) is 0 Å². The number of thioether (sulfide) groups is 1. The molecule has 94 valence electrons. The Morgan fingerprint density at radius 1 is 1.44 bits per heavy atom. The summed E-state index contributed by atoms with van der Waals surface area (Å²) in [6.07, 6.45) is -0.610. The second-order valence-electron chi connectivity index (χ2n) is 4.14. The third-order valence-electron chi connectivity index (χ3n) is 2.88. The van der Waals surface area contributed by atoms with Crippen LogP contribution >= 0.6 is 23.1 Å². The molecule has 0 bridgehead atoms. The van der Waals surface area contributed by atoms with E-state index < -0.39 is 6.10 Å². The number of thiazole rings is 1. The van der Waals surface area contributed by atoms with Crippen LogP contribution in [0.3, 0.4) is 0 Å². The minimum atomic E-state index is -0.610. The van der Waals surface area contributed by atoms with Crippen LogP contribution in [-0.4, -0.2) is 39.0 Å². The maximum atomic E-state index is 10.2. The third-order valence-corrected chi connectivity index (χ3v) is 4.93. The van der Waals surface area contributed by atoms with Crippen molar-refractivity contribution in [3.05, 3.63) is 29.3 Å². The van der Waals surface area contributed by atoms with Crippen LogP contribution in [0.15, 0.2) is 24.3 Å². The van der Waals surface area contributed by atoms with Gasteiger partial charge in [0.2, 0.25) is 0 Å². The van der Waals surface area contributed by atoms with E-state index in [1.807, 2.05) is 29.2 Å². The van der Waals surface area contributed by atoms with E-state index in [1.54, 1.807) is 0 Å². The number of para-hydroxylation sites is 1. The second kappa shape index (κ2) is 4.87. The maximum absolute atomic E-state index is 10.2. The number of hydrogen-bond donors (Lipinski definition) is 2. The molecule has 1 aromatic heterocycles. The summed E-state index contributed by atoms with van der Waals surface area (Å²) >= 11 is 3.05. The number of β-amino-alcohol motifs (C(OH)–C–C–N with tert-alkyl or cyclic N) is 1. The zero-order chi connectivity index (χ0) is 12.5. The Balaban J connectivity index is 1.79. The lowest BCUT2D eigenvalue weighted by Gasteiger charge is -2.19. The quantitative estimate of drug-likeness (QED) is 0.905. The largest absolute Gasteiger partial charge is 0.384 e. The van der Waals surface area contributed by atoms with Crippen molar-refractivity contribution in [1.82, 2.24) is 9.88 Å². The summed E-state index contributed by atoms with van der Waals surface area (Å²) in [4.78, 5) is 6.35. The number of aliphatic hydroxyl groups is 1. The number of nitrogens with zero attached hydrogens (tertiary/aromatic N) is 2. The zero-order valence-electron chi connectivity index (χ0n) is 9.67. The van der Waals surface area contributed by atoms with Gasteiger partial charge in [0.15, 0.2) is 5.17 Å². The van der Waals surface area contributed by atoms with Gasteiger partial charge in [-0.1, -0.05) is 23.9 Å². The molecule has 3 rings (SSSR count). The van der Waals surface area contributed by atoms with Crippen LogP contribution in [0, 0.1) is 5.41 Å². The molecule has 2 heterocycles. The van der Waals surface area contributed by atoms with Gasteiger partial charge in [0, 0.05) is 12.3 Å². The Morgan fingerprint density at radius 2 is 2.28 bits per heavy atom. The van der Waals surface area contributed by atoms with E-state index in [1.165, 1.54) is 23.1 Å². The summed E-state index contributed by atoms with van der Waals surface area (Å²) in [6.45, 7) is 1.30. The van der Waals surface area contributed by atoms with Gasteiger partial charge in [0.05, 0.1) is 16.8 Å². The predicted octanol–water partition coefficient (Wildman–Crippen LogP) is 2.31. The summed E-state index contributed by atoms with van der Waals surface area (Å²) in [7, 11) is 0. The molecule has 4 nitrogen and oxygen atoms in total.